The zero-order valence-corrected chi connectivity index (χ0v) is 11.3. The Labute approximate surface area is 112 Å². The summed E-state index contributed by atoms with van der Waals surface area (Å²) in [6.07, 6.45) is 4.49. The summed E-state index contributed by atoms with van der Waals surface area (Å²) in [4.78, 5) is 4.51. The summed E-state index contributed by atoms with van der Waals surface area (Å²) in [6.45, 7) is 2.20. The fraction of sp³-hybridized carbons (Fsp3) is 0.846. The Hall–Kier alpha value is -0.980. The van der Waals surface area contributed by atoms with E-state index in [1.807, 2.05) is 7.05 Å². The molecule has 0 saturated carbocycles. The summed E-state index contributed by atoms with van der Waals surface area (Å²) in [7, 11) is 1.93. The van der Waals surface area contributed by atoms with Gasteiger partial charge in [0.05, 0.1) is 25.2 Å². The number of aromatic nitrogens is 2. The maximum atomic E-state index is 5.70. The van der Waals surface area contributed by atoms with Gasteiger partial charge in [0.1, 0.15) is 0 Å². The van der Waals surface area contributed by atoms with Crippen molar-refractivity contribution in [2.45, 2.75) is 43.7 Å². The molecular formula is C13H21N3O3. The van der Waals surface area contributed by atoms with E-state index in [4.69, 9.17) is 14.0 Å². The van der Waals surface area contributed by atoms with Crippen LogP contribution in [0.4, 0.5) is 0 Å². The summed E-state index contributed by atoms with van der Waals surface area (Å²) in [6, 6.07) is 0.263. The van der Waals surface area contributed by atoms with Crippen molar-refractivity contribution in [3.8, 4) is 0 Å². The van der Waals surface area contributed by atoms with Crippen LogP contribution >= 0.6 is 0 Å². The number of nitrogens with one attached hydrogen (secondary N) is 1. The zero-order chi connectivity index (χ0) is 13.1. The molecule has 2 saturated heterocycles. The minimum absolute atomic E-state index is 0.165. The van der Waals surface area contributed by atoms with Crippen molar-refractivity contribution in [1.82, 2.24) is 15.5 Å². The second-order valence-corrected chi connectivity index (χ2v) is 5.28. The van der Waals surface area contributed by atoms with Crippen molar-refractivity contribution in [2.24, 2.45) is 0 Å². The second-order valence-electron chi connectivity index (χ2n) is 5.28. The number of likely N-dealkylation sites (N-methyl/N-ethyl adjacent to an activating group) is 1. The minimum Gasteiger partial charge on any atom is -0.379 e. The molecular weight excluding hydrogens is 246 g/mol. The van der Waals surface area contributed by atoms with E-state index in [1.54, 1.807) is 0 Å². The first-order valence-corrected chi connectivity index (χ1v) is 7.06. The van der Waals surface area contributed by atoms with Gasteiger partial charge in [-0.25, -0.2) is 0 Å². The molecule has 1 N–H and O–H groups in total. The Morgan fingerprint density at radius 2 is 2.26 bits per heavy atom. The lowest BCUT2D eigenvalue weighted by Crippen LogP contribution is -2.31. The Balaban J connectivity index is 1.62. The third-order valence-corrected chi connectivity index (χ3v) is 3.94. The Morgan fingerprint density at radius 1 is 1.32 bits per heavy atom. The molecule has 106 valence electrons. The van der Waals surface area contributed by atoms with Gasteiger partial charge in [-0.2, -0.15) is 4.98 Å². The van der Waals surface area contributed by atoms with Gasteiger partial charge in [0.25, 0.3) is 0 Å². The SMILES string of the molecule is CNC1COCC1c1nc(CC2CCCCO2)no1. The molecule has 3 rings (SSSR count). The molecule has 19 heavy (non-hydrogen) atoms. The van der Waals surface area contributed by atoms with Crippen LogP contribution in [0.25, 0.3) is 0 Å². The van der Waals surface area contributed by atoms with E-state index in [1.165, 1.54) is 6.42 Å². The number of hydrogen-bond acceptors (Lipinski definition) is 6. The highest BCUT2D eigenvalue weighted by Gasteiger charge is 2.33. The highest BCUT2D eigenvalue weighted by atomic mass is 16.5. The fourth-order valence-corrected chi connectivity index (χ4v) is 2.76. The van der Waals surface area contributed by atoms with Gasteiger partial charge in [0.2, 0.25) is 5.89 Å². The maximum Gasteiger partial charge on any atom is 0.233 e. The van der Waals surface area contributed by atoms with Gasteiger partial charge in [0, 0.05) is 19.1 Å². The predicted molar refractivity (Wildman–Crippen MR) is 68.0 cm³/mol. The maximum absolute atomic E-state index is 5.70. The first-order chi connectivity index (χ1) is 9.36. The van der Waals surface area contributed by atoms with E-state index in [0.717, 1.165) is 31.7 Å². The standard InChI is InChI=1S/C13H21N3O3/c1-14-11-8-17-7-10(11)13-15-12(16-19-13)6-9-4-2-3-5-18-9/h9-11,14H,2-8H2,1H3. The fourth-order valence-electron chi connectivity index (χ4n) is 2.76. The van der Waals surface area contributed by atoms with Gasteiger partial charge >= 0.3 is 0 Å². The third-order valence-electron chi connectivity index (χ3n) is 3.94. The monoisotopic (exact) mass is 267 g/mol. The van der Waals surface area contributed by atoms with Crippen LogP contribution < -0.4 is 5.32 Å². The molecule has 0 radical (unpaired) electrons. The number of rotatable bonds is 4. The second kappa shape index (κ2) is 5.98. The lowest BCUT2D eigenvalue weighted by molar-refractivity contribution is 0.0153. The van der Waals surface area contributed by atoms with E-state index in [9.17, 15) is 0 Å². The molecule has 0 aromatic carbocycles. The van der Waals surface area contributed by atoms with E-state index in [-0.39, 0.29) is 18.1 Å². The van der Waals surface area contributed by atoms with E-state index in [2.05, 4.69) is 15.5 Å². The minimum atomic E-state index is 0.165. The lowest BCUT2D eigenvalue weighted by atomic mass is 10.0. The van der Waals surface area contributed by atoms with Crippen molar-refractivity contribution in [1.29, 1.82) is 0 Å². The van der Waals surface area contributed by atoms with Crippen molar-refractivity contribution < 1.29 is 14.0 Å². The third kappa shape index (κ3) is 2.96. The molecule has 3 unspecified atom stereocenters. The Morgan fingerprint density at radius 3 is 3.05 bits per heavy atom. The van der Waals surface area contributed by atoms with Gasteiger partial charge in [-0.3, -0.25) is 0 Å². The number of nitrogens with zero attached hydrogens (tertiary/aromatic N) is 2. The highest BCUT2D eigenvalue weighted by Crippen LogP contribution is 2.25. The molecule has 2 fully saturated rings. The average molecular weight is 267 g/mol. The van der Waals surface area contributed by atoms with Crippen LogP contribution in [-0.2, 0) is 15.9 Å². The normalized spacial score (nSPS) is 31.7. The predicted octanol–water partition coefficient (Wildman–Crippen LogP) is 0.883. The zero-order valence-electron chi connectivity index (χ0n) is 11.3. The smallest absolute Gasteiger partial charge is 0.233 e. The van der Waals surface area contributed by atoms with Crippen LogP contribution in [0.5, 0.6) is 0 Å². The van der Waals surface area contributed by atoms with Gasteiger partial charge in [-0.1, -0.05) is 5.16 Å². The van der Waals surface area contributed by atoms with E-state index < -0.39 is 0 Å². The molecule has 0 amide bonds. The quantitative estimate of drug-likeness (QED) is 0.873. The molecule has 0 aliphatic carbocycles. The van der Waals surface area contributed by atoms with E-state index in [0.29, 0.717) is 19.1 Å². The van der Waals surface area contributed by atoms with Crippen molar-refractivity contribution in [3.05, 3.63) is 11.7 Å². The van der Waals surface area contributed by atoms with Gasteiger partial charge in [-0.05, 0) is 26.3 Å². The van der Waals surface area contributed by atoms with Gasteiger partial charge in [-0.15, -0.1) is 0 Å². The van der Waals surface area contributed by atoms with Gasteiger partial charge in [0.15, 0.2) is 5.82 Å². The first kappa shape index (κ1) is 13.0. The average Bonchev–Trinajstić information content (AvgIpc) is 3.07. The molecule has 6 heteroatoms. The Kier molecular flexibility index (Phi) is 4.10. The van der Waals surface area contributed by atoms with Crippen molar-refractivity contribution in [2.75, 3.05) is 26.9 Å². The summed E-state index contributed by atoms with van der Waals surface area (Å²) in [5.41, 5.74) is 0. The molecule has 3 heterocycles. The van der Waals surface area contributed by atoms with Crippen LogP contribution in [0.15, 0.2) is 4.52 Å². The molecule has 2 aliphatic rings. The largest absolute Gasteiger partial charge is 0.379 e. The van der Waals surface area contributed by atoms with Crippen LogP contribution in [0.1, 0.15) is 36.9 Å². The van der Waals surface area contributed by atoms with Gasteiger partial charge < -0.3 is 19.3 Å². The van der Waals surface area contributed by atoms with Crippen molar-refractivity contribution >= 4 is 0 Å². The Bertz CT molecular complexity index is 404. The summed E-state index contributed by atoms with van der Waals surface area (Å²) < 4.78 is 16.5. The summed E-state index contributed by atoms with van der Waals surface area (Å²) in [5.74, 6) is 1.60. The molecule has 1 aromatic rings. The summed E-state index contributed by atoms with van der Waals surface area (Å²) >= 11 is 0. The van der Waals surface area contributed by atoms with Crippen LogP contribution in [0, 0.1) is 0 Å². The molecule has 0 bridgehead atoms. The van der Waals surface area contributed by atoms with Crippen LogP contribution in [0.2, 0.25) is 0 Å². The molecule has 0 spiro atoms. The van der Waals surface area contributed by atoms with Crippen molar-refractivity contribution in [3.63, 3.8) is 0 Å². The lowest BCUT2D eigenvalue weighted by Gasteiger charge is -2.20. The highest BCUT2D eigenvalue weighted by molar-refractivity contribution is 5.02. The topological polar surface area (TPSA) is 69.4 Å². The number of hydrogen-bond donors (Lipinski definition) is 1. The number of ether oxygens (including phenoxy) is 2. The summed E-state index contributed by atoms with van der Waals surface area (Å²) in [5, 5.41) is 7.30. The van der Waals surface area contributed by atoms with Crippen LogP contribution in [-0.4, -0.2) is 49.2 Å². The molecule has 3 atom stereocenters. The molecule has 1 aromatic heterocycles. The van der Waals surface area contributed by atoms with E-state index >= 15 is 0 Å². The first-order valence-electron chi connectivity index (χ1n) is 7.06. The molecule has 2 aliphatic heterocycles. The molecule has 6 nitrogen and oxygen atoms in total. The van der Waals surface area contributed by atoms with Crippen LogP contribution in [0.3, 0.4) is 0 Å².